The number of hydrogen-bond acceptors (Lipinski definition) is 2. The van der Waals surface area contributed by atoms with E-state index in [4.69, 9.17) is 0 Å². The second kappa shape index (κ2) is 4.65. The van der Waals surface area contributed by atoms with E-state index in [1.807, 2.05) is 24.3 Å². The van der Waals surface area contributed by atoms with E-state index in [-0.39, 0.29) is 0 Å². The fraction of sp³-hybridized carbons (Fsp3) is 0.375. The summed E-state index contributed by atoms with van der Waals surface area (Å²) in [4.78, 5) is 15.9. The molecule has 0 aliphatic heterocycles. The molecule has 0 radical (unpaired) electrons. The van der Waals surface area contributed by atoms with E-state index in [2.05, 4.69) is 4.98 Å². The third-order valence-electron chi connectivity index (χ3n) is 4.31. The fourth-order valence-corrected chi connectivity index (χ4v) is 3.16. The van der Waals surface area contributed by atoms with Crippen LogP contribution in [0.4, 0.5) is 0 Å². The van der Waals surface area contributed by atoms with Crippen molar-refractivity contribution in [1.29, 1.82) is 0 Å². The maximum atomic E-state index is 11.8. The molecule has 2 aromatic rings. The SMILES string of the molecule is O=C(O)C1(c2ccc3ccncc3c2)CCCCC1. The summed E-state index contributed by atoms with van der Waals surface area (Å²) in [5.41, 5.74) is 0.239. The smallest absolute Gasteiger partial charge is 0.314 e. The van der Waals surface area contributed by atoms with Crippen molar-refractivity contribution in [1.82, 2.24) is 4.98 Å². The summed E-state index contributed by atoms with van der Waals surface area (Å²) < 4.78 is 0. The number of carboxylic acids is 1. The van der Waals surface area contributed by atoms with Gasteiger partial charge in [-0.1, -0.05) is 31.4 Å². The van der Waals surface area contributed by atoms with Gasteiger partial charge in [0.2, 0.25) is 0 Å². The zero-order valence-corrected chi connectivity index (χ0v) is 10.8. The van der Waals surface area contributed by atoms with Crippen LogP contribution in [0.2, 0.25) is 0 Å². The summed E-state index contributed by atoms with van der Waals surface area (Å²) in [5.74, 6) is -0.685. The molecule has 1 fully saturated rings. The molecule has 1 saturated carbocycles. The Bertz CT molecular complexity index is 615. The number of hydrogen-bond donors (Lipinski definition) is 1. The van der Waals surface area contributed by atoms with Gasteiger partial charge in [-0.2, -0.15) is 0 Å². The molecule has 1 heterocycles. The molecule has 0 amide bonds. The molecule has 19 heavy (non-hydrogen) atoms. The molecule has 1 aromatic heterocycles. The first-order chi connectivity index (χ1) is 9.22. The predicted octanol–water partition coefficient (Wildman–Crippen LogP) is 3.52. The minimum Gasteiger partial charge on any atom is -0.481 e. The first-order valence-electron chi connectivity index (χ1n) is 6.80. The molecule has 1 N–H and O–H groups in total. The summed E-state index contributed by atoms with van der Waals surface area (Å²) in [5, 5.41) is 11.8. The molecule has 1 aliphatic carbocycles. The lowest BCUT2D eigenvalue weighted by Gasteiger charge is -2.33. The topological polar surface area (TPSA) is 50.2 Å². The van der Waals surface area contributed by atoms with E-state index in [0.29, 0.717) is 0 Å². The first-order valence-corrected chi connectivity index (χ1v) is 6.80. The van der Waals surface area contributed by atoms with Gasteiger partial charge in [-0.15, -0.1) is 0 Å². The monoisotopic (exact) mass is 255 g/mol. The van der Waals surface area contributed by atoms with Gasteiger partial charge in [-0.3, -0.25) is 9.78 Å². The normalized spacial score (nSPS) is 18.3. The molecule has 3 nitrogen and oxygen atoms in total. The summed E-state index contributed by atoms with van der Waals surface area (Å²) in [6.07, 6.45) is 8.19. The second-order valence-electron chi connectivity index (χ2n) is 5.39. The lowest BCUT2D eigenvalue weighted by atomic mass is 9.69. The summed E-state index contributed by atoms with van der Waals surface area (Å²) in [7, 11) is 0. The van der Waals surface area contributed by atoms with Crippen molar-refractivity contribution in [2.75, 3.05) is 0 Å². The number of carbonyl (C=O) groups is 1. The minimum absolute atomic E-state index is 0.685. The maximum absolute atomic E-state index is 11.8. The zero-order valence-electron chi connectivity index (χ0n) is 10.8. The highest BCUT2D eigenvalue weighted by atomic mass is 16.4. The molecule has 3 heteroatoms. The largest absolute Gasteiger partial charge is 0.481 e. The van der Waals surface area contributed by atoms with Gasteiger partial charge in [0, 0.05) is 17.8 Å². The lowest BCUT2D eigenvalue weighted by molar-refractivity contribution is -0.145. The van der Waals surface area contributed by atoms with Crippen molar-refractivity contribution in [3.8, 4) is 0 Å². The molecule has 3 rings (SSSR count). The molecule has 1 aromatic carbocycles. The average molecular weight is 255 g/mol. The number of rotatable bonds is 2. The molecule has 0 atom stereocenters. The van der Waals surface area contributed by atoms with E-state index in [0.717, 1.165) is 48.4 Å². The Morgan fingerprint density at radius 2 is 1.89 bits per heavy atom. The van der Waals surface area contributed by atoms with Crippen molar-refractivity contribution in [3.63, 3.8) is 0 Å². The van der Waals surface area contributed by atoms with Gasteiger partial charge in [0.25, 0.3) is 0 Å². The van der Waals surface area contributed by atoms with Crippen molar-refractivity contribution >= 4 is 16.7 Å². The molecule has 0 saturated heterocycles. The number of nitrogens with zero attached hydrogens (tertiary/aromatic N) is 1. The van der Waals surface area contributed by atoms with Crippen molar-refractivity contribution in [3.05, 3.63) is 42.2 Å². The predicted molar refractivity (Wildman–Crippen MR) is 74.1 cm³/mol. The van der Waals surface area contributed by atoms with E-state index in [1.165, 1.54) is 0 Å². The van der Waals surface area contributed by atoms with Crippen molar-refractivity contribution < 1.29 is 9.90 Å². The van der Waals surface area contributed by atoms with Gasteiger partial charge < -0.3 is 5.11 Å². The van der Waals surface area contributed by atoms with Crippen LogP contribution in [0.25, 0.3) is 10.8 Å². The zero-order chi connectivity index (χ0) is 13.3. The number of carboxylic acid groups (broad SMARTS) is 1. The highest BCUT2D eigenvalue weighted by Crippen LogP contribution is 2.40. The van der Waals surface area contributed by atoms with Gasteiger partial charge in [-0.25, -0.2) is 0 Å². The van der Waals surface area contributed by atoms with E-state index >= 15 is 0 Å². The Hall–Kier alpha value is -1.90. The number of benzene rings is 1. The number of pyridine rings is 1. The Morgan fingerprint density at radius 1 is 1.11 bits per heavy atom. The van der Waals surface area contributed by atoms with Gasteiger partial charge in [0.05, 0.1) is 5.41 Å². The molecule has 0 unspecified atom stereocenters. The third kappa shape index (κ3) is 1.99. The Kier molecular flexibility index (Phi) is 2.97. The molecule has 98 valence electrons. The van der Waals surface area contributed by atoms with Crippen LogP contribution in [0.5, 0.6) is 0 Å². The second-order valence-corrected chi connectivity index (χ2v) is 5.39. The molecule has 0 spiro atoms. The maximum Gasteiger partial charge on any atom is 0.314 e. The summed E-state index contributed by atoms with van der Waals surface area (Å²) in [6, 6.07) is 7.93. The van der Waals surface area contributed by atoms with Crippen LogP contribution < -0.4 is 0 Å². The van der Waals surface area contributed by atoms with Gasteiger partial charge in [0.1, 0.15) is 0 Å². The van der Waals surface area contributed by atoms with Gasteiger partial charge in [-0.05, 0) is 35.9 Å². The minimum atomic E-state index is -0.692. The third-order valence-corrected chi connectivity index (χ3v) is 4.31. The van der Waals surface area contributed by atoms with Crippen LogP contribution in [0.1, 0.15) is 37.7 Å². The van der Waals surface area contributed by atoms with Crippen LogP contribution in [0.15, 0.2) is 36.7 Å². The molecule has 1 aliphatic rings. The Labute approximate surface area is 112 Å². The van der Waals surface area contributed by atoms with Crippen LogP contribution in [0, 0.1) is 0 Å². The Balaban J connectivity index is 2.12. The van der Waals surface area contributed by atoms with Gasteiger partial charge in [0.15, 0.2) is 0 Å². The highest BCUT2D eigenvalue weighted by Gasteiger charge is 2.41. The molecule has 0 bridgehead atoms. The van der Waals surface area contributed by atoms with Crippen LogP contribution in [-0.2, 0) is 10.2 Å². The van der Waals surface area contributed by atoms with E-state index in [9.17, 15) is 9.90 Å². The van der Waals surface area contributed by atoms with Crippen LogP contribution in [0.3, 0.4) is 0 Å². The number of fused-ring (bicyclic) bond motifs is 1. The highest BCUT2D eigenvalue weighted by molar-refractivity contribution is 5.87. The van der Waals surface area contributed by atoms with E-state index < -0.39 is 11.4 Å². The summed E-state index contributed by atoms with van der Waals surface area (Å²) >= 11 is 0. The Morgan fingerprint density at radius 3 is 2.63 bits per heavy atom. The quantitative estimate of drug-likeness (QED) is 0.893. The van der Waals surface area contributed by atoms with Crippen LogP contribution in [-0.4, -0.2) is 16.1 Å². The van der Waals surface area contributed by atoms with Crippen LogP contribution >= 0.6 is 0 Å². The first kappa shape index (κ1) is 12.2. The van der Waals surface area contributed by atoms with E-state index in [1.54, 1.807) is 12.4 Å². The average Bonchev–Trinajstić information content (AvgIpc) is 2.47. The number of aromatic nitrogens is 1. The number of aliphatic carboxylic acids is 1. The molecular formula is C16H17NO2. The fourth-order valence-electron chi connectivity index (χ4n) is 3.16. The van der Waals surface area contributed by atoms with Crippen molar-refractivity contribution in [2.24, 2.45) is 0 Å². The van der Waals surface area contributed by atoms with Crippen molar-refractivity contribution in [2.45, 2.75) is 37.5 Å². The lowest BCUT2D eigenvalue weighted by Crippen LogP contribution is -2.37. The molecular weight excluding hydrogens is 238 g/mol. The summed E-state index contributed by atoms with van der Waals surface area (Å²) in [6.45, 7) is 0. The van der Waals surface area contributed by atoms with Gasteiger partial charge >= 0.3 is 5.97 Å². The standard InChI is InChI=1S/C16H17NO2/c18-15(19)16(7-2-1-3-8-16)14-5-4-12-6-9-17-11-13(12)10-14/h4-6,9-11H,1-3,7-8H2,(H,18,19).